The molecule has 0 bridgehead atoms. The van der Waals surface area contributed by atoms with E-state index >= 15 is 0 Å². The average Bonchev–Trinajstić information content (AvgIpc) is 3.02. The number of hydrogen-bond donors (Lipinski definition) is 0. The normalized spacial score (nSPS) is 15.4. The zero-order chi connectivity index (χ0) is 13.6. The fourth-order valence-corrected chi connectivity index (χ4v) is 2.64. The Kier molecular flexibility index (Phi) is 4.34. The molecule has 2 heteroatoms. The van der Waals surface area contributed by atoms with Crippen molar-refractivity contribution in [3.8, 4) is 16.9 Å². The first-order chi connectivity index (χ1) is 9.92. The number of likely N-dealkylation sites (tertiary alicyclic amines) is 1. The summed E-state index contributed by atoms with van der Waals surface area (Å²) < 4.78 is 5.88. The molecule has 1 fully saturated rings. The van der Waals surface area contributed by atoms with Crippen molar-refractivity contribution in [2.24, 2.45) is 0 Å². The SMILES string of the molecule is [c]1cccc(-c2cccc(OCCN3CCCC3)c2)c1. The minimum Gasteiger partial charge on any atom is -0.492 e. The van der Waals surface area contributed by atoms with Crippen molar-refractivity contribution in [1.29, 1.82) is 0 Å². The summed E-state index contributed by atoms with van der Waals surface area (Å²) in [5.74, 6) is 0.950. The van der Waals surface area contributed by atoms with Crippen LogP contribution in [0.4, 0.5) is 0 Å². The van der Waals surface area contributed by atoms with Gasteiger partial charge in [0.2, 0.25) is 0 Å². The largest absolute Gasteiger partial charge is 0.492 e. The van der Waals surface area contributed by atoms with E-state index in [4.69, 9.17) is 4.74 Å². The Morgan fingerprint density at radius 1 is 1.05 bits per heavy atom. The summed E-state index contributed by atoms with van der Waals surface area (Å²) in [6, 6.07) is 19.4. The van der Waals surface area contributed by atoms with Gasteiger partial charge in [0.05, 0.1) is 0 Å². The molecular formula is C18H20NO. The van der Waals surface area contributed by atoms with Gasteiger partial charge in [-0.2, -0.15) is 0 Å². The van der Waals surface area contributed by atoms with Crippen LogP contribution < -0.4 is 4.74 Å². The van der Waals surface area contributed by atoms with Gasteiger partial charge >= 0.3 is 0 Å². The number of nitrogens with zero attached hydrogens (tertiary/aromatic N) is 1. The Bertz CT molecular complexity index is 532. The highest BCUT2D eigenvalue weighted by atomic mass is 16.5. The molecule has 103 valence electrons. The first kappa shape index (κ1) is 13.2. The zero-order valence-electron chi connectivity index (χ0n) is 11.7. The molecule has 0 aliphatic carbocycles. The van der Waals surface area contributed by atoms with Gasteiger partial charge in [0.25, 0.3) is 0 Å². The second-order valence-electron chi connectivity index (χ2n) is 5.22. The standard InChI is InChI=1S/C18H20NO/c1-2-7-16(8-3-1)17-9-6-10-18(15-17)20-14-13-19-11-4-5-12-19/h1-2,6-10,15H,4-5,11-14H2. The smallest absolute Gasteiger partial charge is 0.119 e. The fraction of sp³-hybridized carbons (Fsp3) is 0.333. The van der Waals surface area contributed by atoms with Gasteiger partial charge in [0.15, 0.2) is 0 Å². The summed E-state index contributed by atoms with van der Waals surface area (Å²) in [6.45, 7) is 4.25. The van der Waals surface area contributed by atoms with Gasteiger partial charge in [-0.25, -0.2) is 0 Å². The van der Waals surface area contributed by atoms with Crippen molar-refractivity contribution in [2.45, 2.75) is 12.8 Å². The van der Waals surface area contributed by atoms with Crippen LogP contribution in [0.15, 0.2) is 48.5 Å². The van der Waals surface area contributed by atoms with Crippen LogP contribution >= 0.6 is 0 Å². The average molecular weight is 266 g/mol. The van der Waals surface area contributed by atoms with E-state index < -0.39 is 0 Å². The van der Waals surface area contributed by atoms with E-state index in [0.717, 1.165) is 18.9 Å². The minimum absolute atomic E-state index is 0.768. The molecule has 1 aliphatic heterocycles. The van der Waals surface area contributed by atoms with Crippen LogP contribution in [0.3, 0.4) is 0 Å². The van der Waals surface area contributed by atoms with E-state index in [1.54, 1.807) is 0 Å². The molecule has 0 saturated carbocycles. The predicted molar refractivity (Wildman–Crippen MR) is 81.9 cm³/mol. The van der Waals surface area contributed by atoms with Crippen molar-refractivity contribution < 1.29 is 4.74 Å². The molecule has 0 amide bonds. The van der Waals surface area contributed by atoms with Gasteiger partial charge in [-0.15, -0.1) is 0 Å². The summed E-state index contributed by atoms with van der Waals surface area (Å²) >= 11 is 0. The van der Waals surface area contributed by atoms with Crippen molar-refractivity contribution in [3.05, 3.63) is 54.6 Å². The lowest BCUT2D eigenvalue weighted by molar-refractivity contribution is 0.238. The van der Waals surface area contributed by atoms with Gasteiger partial charge in [-0.3, -0.25) is 4.90 Å². The highest BCUT2D eigenvalue weighted by Crippen LogP contribution is 2.23. The van der Waals surface area contributed by atoms with E-state index in [1.807, 2.05) is 30.3 Å². The molecule has 0 N–H and O–H groups in total. The lowest BCUT2D eigenvalue weighted by atomic mass is 10.1. The first-order valence-corrected chi connectivity index (χ1v) is 7.33. The van der Waals surface area contributed by atoms with Gasteiger partial charge in [0.1, 0.15) is 12.4 Å². The molecule has 3 rings (SSSR count). The highest BCUT2D eigenvalue weighted by molar-refractivity contribution is 5.64. The molecule has 0 atom stereocenters. The number of rotatable bonds is 5. The van der Waals surface area contributed by atoms with Crippen molar-refractivity contribution >= 4 is 0 Å². The zero-order valence-corrected chi connectivity index (χ0v) is 11.7. The van der Waals surface area contributed by atoms with Crippen LogP contribution in [0.1, 0.15) is 12.8 Å². The summed E-state index contributed by atoms with van der Waals surface area (Å²) in [6.07, 6.45) is 2.67. The number of benzene rings is 2. The summed E-state index contributed by atoms with van der Waals surface area (Å²) in [4.78, 5) is 2.47. The molecule has 1 radical (unpaired) electrons. The minimum atomic E-state index is 0.768. The van der Waals surface area contributed by atoms with Crippen LogP contribution in [-0.4, -0.2) is 31.1 Å². The van der Waals surface area contributed by atoms with Crippen LogP contribution in [0.25, 0.3) is 11.1 Å². The molecule has 2 aromatic rings. The Morgan fingerprint density at radius 2 is 1.90 bits per heavy atom. The summed E-state index contributed by atoms with van der Waals surface area (Å²) in [7, 11) is 0. The van der Waals surface area contributed by atoms with Gasteiger partial charge < -0.3 is 4.74 Å². The molecule has 1 heterocycles. The van der Waals surface area contributed by atoms with Crippen molar-refractivity contribution in [2.75, 3.05) is 26.2 Å². The van der Waals surface area contributed by atoms with E-state index in [9.17, 15) is 0 Å². The van der Waals surface area contributed by atoms with Crippen LogP contribution in [-0.2, 0) is 0 Å². The topological polar surface area (TPSA) is 12.5 Å². The Balaban J connectivity index is 1.59. The Labute approximate surface area is 121 Å². The third kappa shape index (κ3) is 3.40. The molecule has 0 spiro atoms. The maximum atomic E-state index is 5.88. The third-order valence-electron chi connectivity index (χ3n) is 3.75. The van der Waals surface area contributed by atoms with Gasteiger partial charge in [-0.05, 0) is 61.3 Å². The lowest BCUT2D eigenvalue weighted by Crippen LogP contribution is -2.25. The van der Waals surface area contributed by atoms with Crippen molar-refractivity contribution in [1.82, 2.24) is 4.90 Å². The predicted octanol–water partition coefficient (Wildman–Crippen LogP) is 3.63. The molecule has 20 heavy (non-hydrogen) atoms. The van der Waals surface area contributed by atoms with Crippen LogP contribution in [0, 0.1) is 6.07 Å². The van der Waals surface area contributed by atoms with E-state index in [-0.39, 0.29) is 0 Å². The molecule has 1 saturated heterocycles. The lowest BCUT2D eigenvalue weighted by Gasteiger charge is -2.15. The van der Waals surface area contributed by atoms with Gasteiger partial charge in [-0.1, -0.05) is 30.3 Å². The van der Waals surface area contributed by atoms with Crippen LogP contribution in [0.2, 0.25) is 0 Å². The highest BCUT2D eigenvalue weighted by Gasteiger charge is 2.10. The van der Waals surface area contributed by atoms with E-state index in [2.05, 4.69) is 29.2 Å². The maximum absolute atomic E-state index is 5.88. The molecule has 1 aliphatic rings. The Hall–Kier alpha value is -1.80. The van der Waals surface area contributed by atoms with Crippen LogP contribution in [0.5, 0.6) is 5.75 Å². The van der Waals surface area contributed by atoms with E-state index in [0.29, 0.717) is 0 Å². The maximum Gasteiger partial charge on any atom is 0.119 e. The molecular weight excluding hydrogens is 246 g/mol. The summed E-state index contributed by atoms with van der Waals surface area (Å²) in [5.41, 5.74) is 2.36. The fourth-order valence-electron chi connectivity index (χ4n) is 2.64. The van der Waals surface area contributed by atoms with Crippen molar-refractivity contribution in [3.63, 3.8) is 0 Å². The summed E-state index contributed by atoms with van der Waals surface area (Å²) in [5, 5.41) is 0. The molecule has 0 aromatic heterocycles. The number of hydrogen-bond acceptors (Lipinski definition) is 2. The Morgan fingerprint density at radius 3 is 2.70 bits per heavy atom. The molecule has 2 nitrogen and oxygen atoms in total. The first-order valence-electron chi connectivity index (χ1n) is 7.33. The third-order valence-corrected chi connectivity index (χ3v) is 3.75. The molecule has 0 unspecified atom stereocenters. The quantitative estimate of drug-likeness (QED) is 0.819. The van der Waals surface area contributed by atoms with Gasteiger partial charge in [0, 0.05) is 6.54 Å². The monoisotopic (exact) mass is 266 g/mol. The molecule has 2 aromatic carbocycles. The second kappa shape index (κ2) is 6.58. The second-order valence-corrected chi connectivity index (χ2v) is 5.22. The number of ether oxygens (including phenoxy) is 1. The van der Waals surface area contributed by atoms with E-state index in [1.165, 1.54) is 37.1 Å².